The molecule has 1 amide bonds. The van der Waals surface area contributed by atoms with E-state index in [4.69, 9.17) is 4.74 Å². The normalized spacial score (nSPS) is 14.1. The van der Waals surface area contributed by atoms with Gasteiger partial charge in [0.2, 0.25) is 0 Å². The van der Waals surface area contributed by atoms with Crippen molar-refractivity contribution in [2.24, 2.45) is 0 Å². The summed E-state index contributed by atoms with van der Waals surface area (Å²) in [5, 5.41) is 0.870. The molecule has 5 rings (SSSR count). The van der Waals surface area contributed by atoms with Gasteiger partial charge in [0.05, 0.1) is 10.2 Å². The summed E-state index contributed by atoms with van der Waals surface area (Å²) in [5.41, 5.74) is 1.45. The van der Waals surface area contributed by atoms with Crippen molar-refractivity contribution in [2.75, 3.05) is 31.1 Å². The second-order valence-electron chi connectivity index (χ2n) is 7.33. The molecule has 0 saturated carbocycles. The third kappa shape index (κ3) is 4.22. The number of carbonyl (C=O) groups excluding carboxylic acids is 1. The van der Waals surface area contributed by atoms with E-state index in [-0.39, 0.29) is 11.7 Å². The number of ether oxygens (including phenoxy) is 1. The number of carbonyl (C=O) groups is 1. The maximum Gasteiger partial charge on any atom is 0.253 e. The van der Waals surface area contributed by atoms with Gasteiger partial charge < -0.3 is 14.5 Å². The van der Waals surface area contributed by atoms with E-state index in [2.05, 4.69) is 9.88 Å². The second kappa shape index (κ2) is 8.35. The van der Waals surface area contributed by atoms with Crippen LogP contribution in [-0.2, 0) is 0 Å². The van der Waals surface area contributed by atoms with Gasteiger partial charge in [-0.3, -0.25) is 4.79 Å². The minimum absolute atomic E-state index is 0.0114. The summed E-state index contributed by atoms with van der Waals surface area (Å²) < 4.78 is 20.1. The average molecular weight is 434 g/mol. The van der Waals surface area contributed by atoms with Crippen molar-refractivity contribution in [1.82, 2.24) is 9.88 Å². The van der Waals surface area contributed by atoms with E-state index in [9.17, 15) is 9.18 Å². The monoisotopic (exact) mass is 433 g/mol. The fraction of sp³-hybridized carbons (Fsp3) is 0.167. The van der Waals surface area contributed by atoms with Crippen LogP contribution in [0, 0.1) is 5.82 Å². The predicted octanol–water partition coefficient (Wildman–Crippen LogP) is 5.19. The highest BCUT2D eigenvalue weighted by Crippen LogP contribution is 2.30. The lowest BCUT2D eigenvalue weighted by atomic mass is 10.1. The van der Waals surface area contributed by atoms with Gasteiger partial charge in [0.25, 0.3) is 5.91 Å². The van der Waals surface area contributed by atoms with Crippen LogP contribution < -0.4 is 9.64 Å². The first kappa shape index (κ1) is 19.5. The molecule has 1 aromatic heterocycles. The third-order valence-electron chi connectivity index (χ3n) is 5.26. The molecule has 0 spiro atoms. The number of amides is 1. The Kier molecular flexibility index (Phi) is 5.26. The number of halogens is 1. The molecule has 0 unspecified atom stereocenters. The summed E-state index contributed by atoms with van der Waals surface area (Å²) in [6.45, 7) is 2.63. The van der Waals surface area contributed by atoms with Crippen LogP contribution in [0.4, 0.5) is 9.52 Å². The molecule has 2 heterocycles. The quantitative estimate of drug-likeness (QED) is 0.444. The summed E-state index contributed by atoms with van der Waals surface area (Å²) in [6.07, 6.45) is 0. The van der Waals surface area contributed by atoms with Gasteiger partial charge in [-0.05, 0) is 54.6 Å². The minimum Gasteiger partial charge on any atom is -0.457 e. The maximum absolute atomic E-state index is 13.4. The maximum atomic E-state index is 13.4. The fourth-order valence-corrected chi connectivity index (χ4v) is 4.64. The van der Waals surface area contributed by atoms with E-state index in [1.807, 2.05) is 47.4 Å². The number of fused-ring (bicyclic) bond motifs is 1. The number of thiazole rings is 1. The molecule has 7 heteroatoms. The molecule has 4 aromatic rings. The number of hydrogen-bond acceptors (Lipinski definition) is 5. The first-order chi connectivity index (χ1) is 15.2. The topological polar surface area (TPSA) is 45.7 Å². The van der Waals surface area contributed by atoms with Gasteiger partial charge in [0, 0.05) is 31.7 Å². The molecule has 1 saturated heterocycles. The SMILES string of the molecule is O=C(c1ccc(Oc2ccccc2)cc1)N1CCN(c2nc3ccc(F)cc3s2)CC1. The molecule has 0 radical (unpaired) electrons. The fourth-order valence-electron chi connectivity index (χ4n) is 3.60. The van der Waals surface area contributed by atoms with E-state index in [0.717, 1.165) is 21.1 Å². The number of anilines is 1. The van der Waals surface area contributed by atoms with Crippen LogP contribution in [0.1, 0.15) is 10.4 Å². The standard InChI is InChI=1S/C24H20FN3O2S/c25-18-8-11-21-22(16-18)31-24(26-21)28-14-12-27(13-15-28)23(29)17-6-9-20(10-7-17)30-19-4-2-1-3-5-19/h1-11,16H,12-15H2. The first-order valence-electron chi connectivity index (χ1n) is 10.1. The number of rotatable bonds is 4. The number of para-hydroxylation sites is 1. The Morgan fingerprint density at radius 2 is 1.61 bits per heavy atom. The van der Waals surface area contributed by atoms with E-state index < -0.39 is 0 Å². The molecule has 0 bridgehead atoms. The minimum atomic E-state index is -0.252. The summed E-state index contributed by atoms with van der Waals surface area (Å²) in [6, 6.07) is 21.4. The number of benzene rings is 3. The zero-order valence-corrected chi connectivity index (χ0v) is 17.5. The van der Waals surface area contributed by atoms with Crippen LogP contribution in [0.2, 0.25) is 0 Å². The largest absolute Gasteiger partial charge is 0.457 e. The zero-order valence-electron chi connectivity index (χ0n) is 16.7. The zero-order chi connectivity index (χ0) is 21.2. The molecule has 3 aromatic carbocycles. The summed E-state index contributed by atoms with van der Waals surface area (Å²) in [4.78, 5) is 21.5. The van der Waals surface area contributed by atoms with Crippen molar-refractivity contribution in [1.29, 1.82) is 0 Å². The highest BCUT2D eigenvalue weighted by Gasteiger charge is 2.24. The van der Waals surface area contributed by atoms with Gasteiger partial charge in [-0.15, -0.1) is 0 Å². The Bertz CT molecular complexity index is 1200. The summed E-state index contributed by atoms with van der Waals surface area (Å²) in [5.74, 6) is 1.21. The van der Waals surface area contributed by atoms with Crippen molar-refractivity contribution in [3.8, 4) is 11.5 Å². The van der Waals surface area contributed by atoms with E-state index >= 15 is 0 Å². The average Bonchev–Trinajstić information content (AvgIpc) is 3.23. The van der Waals surface area contributed by atoms with Crippen LogP contribution >= 0.6 is 11.3 Å². The molecule has 1 aliphatic heterocycles. The Morgan fingerprint density at radius 1 is 0.903 bits per heavy atom. The molecule has 0 aliphatic carbocycles. The highest BCUT2D eigenvalue weighted by molar-refractivity contribution is 7.22. The van der Waals surface area contributed by atoms with Gasteiger partial charge >= 0.3 is 0 Å². The van der Waals surface area contributed by atoms with Gasteiger partial charge in [-0.2, -0.15) is 0 Å². The number of hydrogen-bond donors (Lipinski definition) is 0. The van der Waals surface area contributed by atoms with Crippen molar-refractivity contribution in [2.45, 2.75) is 0 Å². The lowest BCUT2D eigenvalue weighted by molar-refractivity contribution is 0.0747. The van der Waals surface area contributed by atoms with Crippen LogP contribution in [-0.4, -0.2) is 42.0 Å². The molecule has 0 N–H and O–H groups in total. The predicted molar refractivity (Wildman–Crippen MR) is 121 cm³/mol. The second-order valence-corrected chi connectivity index (χ2v) is 8.34. The molecular formula is C24H20FN3O2S. The van der Waals surface area contributed by atoms with Crippen LogP contribution in [0.15, 0.2) is 72.8 Å². The molecule has 1 fully saturated rings. The smallest absolute Gasteiger partial charge is 0.253 e. The van der Waals surface area contributed by atoms with Crippen molar-refractivity contribution < 1.29 is 13.9 Å². The van der Waals surface area contributed by atoms with E-state index in [1.54, 1.807) is 18.2 Å². The van der Waals surface area contributed by atoms with Gasteiger partial charge in [0.1, 0.15) is 17.3 Å². The number of aromatic nitrogens is 1. The third-order valence-corrected chi connectivity index (χ3v) is 6.34. The van der Waals surface area contributed by atoms with Crippen LogP contribution in [0.25, 0.3) is 10.2 Å². The van der Waals surface area contributed by atoms with Crippen LogP contribution in [0.3, 0.4) is 0 Å². The molecular weight excluding hydrogens is 413 g/mol. The summed E-state index contributed by atoms with van der Waals surface area (Å²) >= 11 is 1.48. The molecule has 1 aliphatic rings. The Hall–Kier alpha value is -3.45. The molecule has 156 valence electrons. The van der Waals surface area contributed by atoms with Crippen LogP contribution in [0.5, 0.6) is 11.5 Å². The van der Waals surface area contributed by atoms with Crippen molar-refractivity contribution in [3.63, 3.8) is 0 Å². The van der Waals surface area contributed by atoms with Gasteiger partial charge in [-0.1, -0.05) is 29.5 Å². The molecule has 0 atom stereocenters. The summed E-state index contributed by atoms with van der Waals surface area (Å²) in [7, 11) is 0. The van der Waals surface area contributed by atoms with Gasteiger partial charge in [0.15, 0.2) is 5.13 Å². The van der Waals surface area contributed by atoms with Crippen molar-refractivity contribution in [3.05, 3.63) is 84.2 Å². The Labute approximate surface area is 183 Å². The van der Waals surface area contributed by atoms with E-state index in [0.29, 0.717) is 37.5 Å². The van der Waals surface area contributed by atoms with Gasteiger partial charge in [-0.25, -0.2) is 9.37 Å². The Balaban J connectivity index is 1.21. The van der Waals surface area contributed by atoms with E-state index in [1.165, 1.54) is 23.5 Å². The Morgan fingerprint density at radius 3 is 2.35 bits per heavy atom. The molecule has 5 nitrogen and oxygen atoms in total. The van der Waals surface area contributed by atoms with Crippen molar-refractivity contribution >= 4 is 32.6 Å². The highest BCUT2D eigenvalue weighted by atomic mass is 32.1. The number of nitrogens with zero attached hydrogens (tertiary/aromatic N) is 3. The molecule has 31 heavy (non-hydrogen) atoms. The number of piperazine rings is 1. The lowest BCUT2D eigenvalue weighted by Crippen LogP contribution is -2.48. The lowest BCUT2D eigenvalue weighted by Gasteiger charge is -2.34. The first-order valence-corrected chi connectivity index (χ1v) is 10.9.